The van der Waals surface area contributed by atoms with Gasteiger partial charge in [0, 0.05) is 11.3 Å². The van der Waals surface area contributed by atoms with Crippen molar-refractivity contribution >= 4 is 22.4 Å². The van der Waals surface area contributed by atoms with E-state index in [-0.39, 0.29) is 11.7 Å². The number of hydrogen-bond donors (Lipinski definition) is 2. The molecule has 6 nitrogen and oxygen atoms in total. The smallest absolute Gasteiger partial charge is 0.295 e. The van der Waals surface area contributed by atoms with Crippen molar-refractivity contribution in [3.05, 3.63) is 22.2 Å². The monoisotopic (exact) mass is 291 g/mol. The highest BCUT2D eigenvalue weighted by Gasteiger charge is 2.18. The summed E-state index contributed by atoms with van der Waals surface area (Å²) in [5.41, 5.74) is 1.14. The Kier molecular flexibility index (Phi) is 3.77. The van der Waals surface area contributed by atoms with E-state index in [1.165, 1.54) is 17.7 Å². The zero-order valence-electron chi connectivity index (χ0n) is 11.4. The molecule has 20 heavy (non-hydrogen) atoms. The molecule has 0 radical (unpaired) electrons. The molecule has 0 spiro atoms. The number of carbonyl (C=O) groups is 1. The highest BCUT2D eigenvalue weighted by molar-refractivity contribution is 7.15. The highest BCUT2D eigenvalue weighted by Crippen LogP contribution is 2.29. The topological polar surface area (TPSA) is 83.6 Å². The molecule has 0 aromatic carbocycles. The number of rotatable bonds is 4. The fourth-order valence-corrected chi connectivity index (χ4v) is 3.35. The summed E-state index contributed by atoms with van der Waals surface area (Å²) in [6.45, 7) is 2.06. The average Bonchev–Trinajstić information content (AvgIpc) is 3.04. The Morgan fingerprint density at radius 2 is 2.20 bits per heavy atom. The van der Waals surface area contributed by atoms with Crippen LogP contribution in [0.5, 0.6) is 0 Å². The Bertz CT molecular complexity index is 595. The Morgan fingerprint density at radius 3 is 3.00 bits per heavy atom. The molecule has 7 heteroatoms. The number of carbonyl (C=O) groups excluding carboxylic acids is 1. The minimum atomic E-state index is -0.297. The van der Waals surface area contributed by atoms with Crippen molar-refractivity contribution in [2.24, 2.45) is 0 Å². The summed E-state index contributed by atoms with van der Waals surface area (Å²) in [5.74, 6) is 0.632. The van der Waals surface area contributed by atoms with Gasteiger partial charge in [-0.1, -0.05) is 6.92 Å². The molecule has 0 saturated carbocycles. The molecule has 1 amide bonds. The zero-order chi connectivity index (χ0) is 13.9. The fourth-order valence-electron chi connectivity index (χ4n) is 2.30. The number of hydrogen-bond acceptors (Lipinski definition) is 5. The number of aromatic amines is 1. The van der Waals surface area contributed by atoms with Crippen LogP contribution in [0.4, 0.5) is 5.13 Å². The van der Waals surface area contributed by atoms with Crippen molar-refractivity contribution in [2.75, 3.05) is 5.32 Å². The van der Waals surface area contributed by atoms with Gasteiger partial charge in [0.1, 0.15) is 5.82 Å². The third kappa shape index (κ3) is 2.72. The molecular weight excluding hydrogens is 274 g/mol. The van der Waals surface area contributed by atoms with Crippen LogP contribution >= 0.6 is 11.3 Å². The van der Waals surface area contributed by atoms with Crippen molar-refractivity contribution in [3.63, 3.8) is 0 Å². The van der Waals surface area contributed by atoms with Gasteiger partial charge in [0.05, 0.1) is 5.69 Å². The van der Waals surface area contributed by atoms with Crippen LogP contribution in [0.2, 0.25) is 0 Å². The second kappa shape index (κ2) is 5.70. The van der Waals surface area contributed by atoms with Crippen molar-refractivity contribution in [1.29, 1.82) is 0 Å². The molecule has 0 bridgehead atoms. The van der Waals surface area contributed by atoms with Crippen molar-refractivity contribution in [1.82, 2.24) is 20.2 Å². The van der Waals surface area contributed by atoms with Gasteiger partial charge >= 0.3 is 0 Å². The first-order valence-corrected chi connectivity index (χ1v) is 7.79. The largest absolute Gasteiger partial charge is 0.297 e. The SMILES string of the molecule is CCCc1nc(C(=O)Nc2nc3c(s2)CCCC3)n[nH]1. The number of amides is 1. The number of nitrogens with one attached hydrogen (secondary N) is 2. The molecule has 1 aliphatic rings. The van der Waals surface area contributed by atoms with Crippen molar-refractivity contribution < 1.29 is 4.79 Å². The minimum Gasteiger partial charge on any atom is -0.295 e. The van der Waals surface area contributed by atoms with Crippen LogP contribution in [-0.2, 0) is 19.3 Å². The molecule has 0 unspecified atom stereocenters. The maximum absolute atomic E-state index is 12.1. The van der Waals surface area contributed by atoms with E-state index in [9.17, 15) is 4.79 Å². The lowest BCUT2D eigenvalue weighted by Gasteiger charge is -2.06. The Balaban J connectivity index is 1.70. The molecule has 3 rings (SSSR count). The van der Waals surface area contributed by atoms with E-state index < -0.39 is 0 Å². The van der Waals surface area contributed by atoms with Crippen LogP contribution < -0.4 is 5.32 Å². The Hall–Kier alpha value is -1.76. The first kappa shape index (κ1) is 13.2. The number of thiazole rings is 1. The van der Waals surface area contributed by atoms with E-state index in [2.05, 4.69) is 32.4 Å². The Morgan fingerprint density at radius 1 is 1.35 bits per heavy atom. The van der Waals surface area contributed by atoms with Crippen LogP contribution in [0, 0.1) is 0 Å². The molecule has 2 aromatic rings. The summed E-state index contributed by atoms with van der Waals surface area (Å²) >= 11 is 1.57. The number of H-pyrrole nitrogens is 1. The third-order valence-electron chi connectivity index (χ3n) is 3.29. The standard InChI is InChI=1S/C13H17N5OS/c1-2-5-10-15-11(18-17-10)12(19)16-13-14-8-6-3-4-7-9(8)20-13/h2-7H2,1H3,(H,14,16,19)(H,15,17,18). The zero-order valence-corrected chi connectivity index (χ0v) is 12.2. The van der Waals surface area contributed by atoms with Gasteiger partial charge in [-0.05, 0) is 32.1 Å². The number of nitrogens with zero attached hydrogens (tertiary/aromatic N) is 3. The summed E-state index contributed by atoms with van der Waals surface area (Å²) < 4.78 is 0. The van der Waals surface area contributed by atoms with Gasteiger partial charge < -0.3 is 0 Å². The lowest BCUT2D eigenvalue weighted by atomic mass is 10.0. The minimum absolute atomic E-state index is 0.182. The molecule has 2 aromatic heterocycles. The third-order valence-corrected chi connectivity index (χ3v) is 4.36. The number of fused-ring (bicyclic) bond motifs is 1. The summed E-state index contributed by atoms with van der Waals surface area (Å²) in [6.07, 6.45) is 6.25. The van der Waals surface area contributed by atoms with Crippen LogP contribution in [0.25, 0.3) is 0 Å². The van der Waals surface area contributed by atoms with Crippen LogP contribution in [0.1, 0.15) is 53.2 Å². The molecular formula is C13H17N5OS. The van der Waals surface area contributed by atoms with E-state index in [1.54, 1.807) is 11.3 Å². The first-order chi connectivity index (χ1) is 9.76. The summed E-state index contributed by atoms with van der Waals surface area (Å²) in [5, 5.41) is 10.2. The highest BCUT2D eigenvalue weighted by atomic mass is 32.1. The van der Waals surface area contributed by atoms with Crippen molar-refractivity contribution in [3.8, 4) is 0 Å². The maximum Gasteiger partial charge on any atom is 0.297 e. The van der Waals surface area contributed by atoms with Crippen LogP contribution in [-0.4, -0.2) is 26.1 Å². The normalized spacial score (nSPS) is 14.1. The Labute approximate surface area is 121 Å². The van der Waals surface area contributed by atoms with E-state index in [1.807, 2.05) is 0 Å². The van der Waals surface area contributed by atoms with E-state index in [0.29, 0.717) is 5.13 Å². The fraction of sp³-hybridized carbons (Fsp3) is 0.538. The quantitative estimate of drug-likeness (QED) is 0.905. The predicted octanol–water partition coefficient (Wildman–Crippen LogP) is 2.34. The molecule has 0 saturated heterocycles. The summed E-state index contributed by atoms with van der Waals surface area (Å²) in [6, 6.07) is 0. The molecule has 0 aliphatic heterocycles. The molecule has 2 N–H and O–H groups in total. The van der Waals surface area contributed by atoms with Gasteiger partial charge in [0.2, 0.25) is 5.82 Å². The second-order valence-electron chi connectivity index (χ2n) is 4.91. The summed E-state index contributed by atoms with van der Waals surface area (Å²) in [4.78, 5) is 22.0. The molecule has 106 valence electrons. The van der Waals surface area contributed by atoms with Gasteiger partial charge in [0.25, 0.3) is 5.91 Å². The van der Waals surface area contributed by atoms with Crippen molar-refractivity contribution in [2.45, 2.75) is 45.4 Å². The maximum atomic E-state index is 12.1. The number of aromatic nitrogens is 4. The molecule has 1 aliphatic carbocycles. The van der Waals surface area contributed by atoms with E-state index in [4.69, 9.17) is 0 Å². The van der Waals surface area contributed by atoms with Gasteiger partial charge in [0.15, 0.2) is 5.13 Å². The molecule has 2 heterocycles. The number of aryl methyl sites for hydroxylation is 3. The van der Waals surface area contributed by atoms with E-state index >= 15 is 0 Å². The first-order valence-electron chi connectivity index (χ1n) is 6.97. The van der Waals surface area contributed by atoms with Crippen LogP contribution in [0.3, 0.4) is 0 Å². The molecule has 0 atom stereocenters. The van der Waals surface area contributed by atoms with E-state index in [0.717, 1.165) is 37.2 Å². The van der Waals surface area contributed by atoms with Gasteiger partial charge in [-0.3, -0.25) is 15.2 Å². The lowest BCUT2D eigenvalue weighted by molar-refractivity contribution is 0.101. The van der Waals surface area contributed by atoms with Crippen LogP contribution in [0.15, 0.2) is 0 Å². The second-order valence-corrected chi connectivity index (χ2v) is 5.99. The average molecular weight is 291 g/mol. The van der Waals surface area contributed by atoms with Gasteiger partial charge in [-0.25, -0.2) is 9.97 Å². The lowest BCUT2D eigenvalue weighted by Crippen LogP contribution is -2.13. The molecule has 0 fully saturated rings. The summed E-state index contributed by atoms with van der Waals surface area (Å²) in [7, 11) is 0. The number of anilines is 1. The van der Waals surface area contributed by atoms with Gasteiger partial charge in [-0.15, -0.1) is 16.4 Å². The van der Waals surface area contributed by atoms with Gasteiger partial charge in [-0.2, -0.15) is 0 Å². The predicted molar refractivity (Wildman–Crippen MR) is 77.1 cm³/mol.